The fourth-order valence-electron chi connectivity index (χ4n) is 2.37. The Bertz CT molecular complexity index is 676. The summed E-state index contributed by atoms with van der Waals surface area (Å²) in [6.07, 6.45) is 4.70. The molecular weight excluding hydrogens is 380 g/mol. The number of hydrogen-bond donors (Lipinski definition) is 2. The summed E-state index contributed by atoms with van der Waals surface area (Å²) in [6, 6.07) is 15.2. The van der Waals surface area contributed by atoms with E-state index >= 15 is 0 Å². The van der Waals surface area contributed by atoms with Crippen molar-refractivity contribution in [1.82, 2.24) is 0 Å². The van der Waals surface area contributed by atoms with Gasteiger partial charge in [0, 0.05) is 21.9 Å². The van der Waals surface area contributed by atoms with E-state index in [1.54, 1.807) is 0 Å². The van der Waals surface area contributed by atoms with Gasteiger partial charge in [0.2, 0.25) is 5.91 Å². The van der Waals surface area contributed by atoms with Gasteiger partial charge in [0.05, 0.1) is 13.2 Å². The molecule has 0 saturated carbocycles. The molecule has 5 heteroatoms. The van der Waals surface area contributed by atoms with E-state index in [1.807, 2.05) is 48.5 Å². The Morgan fingerprint density at radius 2 is 1.84 bits per heavy atom. The largest absolute Gasteiger partial charge is 0.494 e. The number of halogens is 1. The second-order valence-corrected chi connectivity index (χ2v) is 6.76. The maximum Gasteiger partial charge on any atom is 0.243 e. The van der Waals surface area contributed by atoms with Gasteiger partial charge < -0.3 is 15.4 Å². The normalized spacial score (nSPS) is 10.3. The molecule has 0 aromatic heterocycles. The molecule has 2 aromatic rings. The van der Waals surface area contributed by atoms with Crippen LogP contribution >= 0.6 is 15.9 Å². The number of amides is 1. The minimum atomic E-state index is -0.0972. The standard InChI is InChI=1S/C20H25BrN2O2/c1-2-3-4-5-12-25-19-11-7-10-18(14-19)23-20(24)15-22-17-9-6-8-16(21)13-17/h6-11,13-14,22H,2-5,12,15H2,1H3,(H,23,24). The number of nitrogens with one attached hydrogen (secondary N) is 2. The van der Waals surface area contributed by atoms with Crippen LogP contribution in [0.3, 0.4) is 0 Å². The van der Waals surface area contributed by atoms with Gasteiger partial charge in [0.25, 0.3) is 0 Å². The molecule has 2 rings (SSSR count). The van der Waals surface area contributed by atoms with Crippen molar-refractivity contribution >= 4 is 33.2 Å². The molecular formula is C20H25BrN2O2. The molecule has 1 amide bonds. The van der Waals surface area contributed by atoms with Crippen LogP contribution in [0, 0.1) is 0 Å². The molecule has 0 aliphatic rings. The van der Waals surface area contributed by atoms with Crippen molar-refractivity contribution in [3.63, 3.8) is 0 Å². The number of carbonyl (C=O) groups excluding carboxylic acids is 1. The van der Waals surface area contributed by atoms with Crippen molar-refractivity contribution in [3.05, 3.63) is 53.0 Å². The van der Waals surface area contributed by atoms with Gasteiger partial charge in [-0.1, -0.05) is 54.2 Å². The van der Waals surface area contributed by atoms with E-state index in [4.69, 9.17) is 4.74 Å². The summed E-state index contributed by atoms with van der Waals surface area (Å²) in [7, 11) is 0. The van der Waals surface area contributed by atoms with E-state index in [0.717, 1.165) is 28.0 Å². The smallest absolute Gasteiger partial charge is 0.243 e. The molecule has 0 saturated heterocycles. The van der Waals surface area contributed by atoms with Crippen molar-refractivity contribution in [2.75, 3.05) is 23.8 Å². The summed E-state index contributed by atoms with van der Waals surface area (Å²) in [5.41, 5.74) is 1.64. The molecule has 0 spiro atoms. The molecule has 0 fully saturated rings. The lowest BCUT2D eigenvalue weighted by Gasteiger charge is -2.10. The number of anilines is 2. The van der Waals surface area contributed by atoms with Gasteiger partial charge in [-0.05, 0) is 36.8 Å². The number of rotatable bonds is 10. The maximum atomic E-state index is 12.1. The number of benzene rings is 2. The first kappa shape index (κ1) is 19.3. The van der Waals surface area contributed by atoms with Gasteiger partial charge in [-0.2, -0.15) is 0 Å². The Labute approximate surface area is 158 Å². The van der Waals surface area contributed by atoms with Crippen LogP contribution in [0.2, 0.25) is 0 Å². The highest BCUT2D eigenvalue weighted by molar-refractivity contribution is 9.10. The Kier molecular flexibility index (Phi) is 8.32. The Hall–Kier alpha value is -2.01. The van der Waals surface area contributed by atoms with Crippen LogP contribution in [0.4, 0.5) is 11.4 Å². The molecule has 0 heterocycles. The third-order valence-corrected chi connectivity index (χ3v) is 4.16. The second-order valence-electron chi connectivity index (χ2n) is 5.85. The molecule has 0 aliphatic heterocycles. The highest BCUT2D eigenvalue weighted by atomic mass is 79.9. The summed E-state index contributed by atoms with van der Waals surface area (Å²) in [6.45, 7) is 3.11. The summed E-state index contributed by atoms with van der Waals surface area (Å²) >= 11 is 3.41. The molecule has 4 nitrogen and oxygen atoms in total. The van der Waals surface area contributed by atoms with Crippen LogP contribution in [0.25, 0.3) is 0 Å². The topological polar surface area (TPSA) is 50.4 Å². The molecule has 2 aromatic carbocycles. The highest BCUT2D eigenvalue weighted by Crippen LogP contribution is 2.18. The number of ether oxygens (including phenoxy) is 1. The lowest BCUT2D eigenvalue weighted by atomic mass is 10.2. The highest BCUT2D eigenvalue weighted by Gasteiger charge is 2.04. The third kappa shape index (κ3) is 7.61. The maximum absolute atomic E-state index is 12.1. The first-order valence-corrected chi connectivity index (χ1v) is 9.49. The Morgan fingerprint density at radius 1 is 1.04 bits per heavy atom. The van der Waals surface area contributed by atoms with Crippen molar-refractivity contribution in [2.24, 2.45) is 0 Å². The minimum Gasteiger partial charge on any atom is -0.494 e. The lowest BCUT2D eigenvalue weighted by molar-refractivity contribution is -0.114. The second kappa shape index (κ2) is 10.8. The number of unbranched alkanes of at least 4 members (excludes halogenated alkanes) is 3. The van der Waals surface area contributed by atoms with Gasteiger partial charge in [-0.25, -0.2) is 0 Å². The first-order chi connectivity index (χ1) is 12.2. The molecule has 0 unspecified atom stereocenters. The zero-order valence-corrected chi connectivity index (χ0v) is 16.1. The predicted octanol–water partition coefficient (Wildman–Crippen LogP) is 5.46. The number of carbonyl (C=O) groups is 1. The van der Waals surface area contributed by atoms with E-state index in [-0.39, 0.29) is 12.5 Å². The average Bonchev–Trinajstić information content (AvgIpc) is 2.60. The fourth-order valence-corrected chi connectivity index (χ4v) is 2.77. The van der Waals surface area contributed by atoms with Crippen LogP contribution in [-0.2, 0) is 4.79 Å². The van der Waals surface area contributed by atoms with Crippen molar-refractivity contribution in [1.29, 1.82) is 0 Å². The fraction of sp³-hybridized carbons (Fsp3) is 0.350. The number of hydrogen-bond acceptors (Lipinski definition) is 3. The molecule has 2 N–H and O–H groups in total. The van der Waals surface area contributed by atoms with E-state index in [0.29, 0.717) is 6.61 Å². The molecule has 0 bridgehead atoms. The predicted molar refractivity (Wildman–Crippen MR) is 107 cm³/mol. The quantitative estimate of drug-likeness (QED) is 0.516. The summed E-state index contributed by atoms with van der Waals surface area (Å²) in [5.74, 6) is 0.689. The van der Waals surface area contributed by atoms with Crippen molar-refractivity contribution in [3.8, 4) is 5.75 Å². The average molecular weight is 405 g/mol. The third-order valence-electron chi connectivity index (χ3n) is 3.66. The zero-order chi connectivity index (χ0) is 17.9. The van der Waals surface area contributed by atoms with E-state index in [9.17, 15) is 4.79 Å². The molecule has 0 atom stereocenters. The van der Waals surface area contributed by atoms with Crippen LogP contribution in [0.5, 0.6) is 5.75 Å². The van der Waals surface area contributed by atoms with E-state index in [2.05, 4.69) is 33.5 Å². The molecule has 0 radical (unpaired) electrons. The summed E-state index contributed by atoms with van der Waals surface area (Å²) in [4.78, 5) is 12.1. The van der Waals surface area contributed by atoms with Gasteiger partial charge in [0.1, 0.15) is 5.75 Å². The van der Waals surface area contributed by atoms with Crippen LogP contribution in [0.15, 0.2) is 53.0 Å². The Morgan fingerprint density at radius 3 is 2.64 bits per heavy atom. The molecule has 25 heavy (non-hydrogen) atoms. The van der Waals surface area contributed by atoms with Crippen molar-refractivity contribution < 1.29 is 9.53 Å². The minimum absolute atomic E-state index is 0.0972. The molecule has 134 valence electrons. The van der Waals surface area contributed by atoms with Gasteiger partial charge in [0.15, 0.2) is 0 Å². The zero-order valence-electron chi connectivity index (χ0n) is 14.6. The van der Waals surface area contributed by atoms with Gasteiger partial charge >= 0.3 is 0 Å². The Balaban J connectivity index is 1.77. The van der Waals surface area contributed by atoms with E-state index in [1.165, 1.54) is 19.3 Å². The van der Waals surface area contributed by atoms with Crippen LogP contribution in [0.1, 0.15) is 32.6 Å². The lowest BCUT2D eigenvalue weighted by Crippen LogP contribution is -2.21. The first-order valence-electron chi connectivity index (χ1n) is 8.69. The van der Waals surface area contributed by atoms with E-state index < -0.39 is 0 Å². The van der Waals surface area contributed by atoms with Crippen LogP contribution < -0.4 is 15.4 Å². The van der Waals surface area contributed by atoms with Crippen LogP contribution in [-0.4, -0.2) is 19.1 Å². The summed E-state index contributed by atoms with van der Waals surface area (Å²) < 4.78 is 6.72. The van der Waals surface area contributed by atoms with Crippen molar-refractivity contribution in [2.45, 2.75) is 32.6 Å². The SMILES string of the molecule is CCCCCCOc1cccc(NC(=O)CNc2cccc(Br)c2)c1. The molecule has 0 aliphatic carbocycles. The monoisotopic (exact) mass is 404 g/mol. The van der Waals surface area contributed by atoms with Gasteiger partial charge in [-0.3, -0.25) is 4.79 Å². The summed E-state index contributed by atoms with van der Waals surface area (Å²) in [5, 5.41) is 5.99. The van der Waals surface area contributed by atoms with Gasteiger partial charge in [-0.15, -0.1) is 0 Å².